The lowest BCUT2D eigenvalue weighted by atomic mass is 10.0. The van der Waals surface area contributed by atoms with Crippen LogP contribution >= 0.6 is 0 Å². The van der Waals surface area contributed by atoms with Gasteiger partial charge in [-0.2, -0.15) is 0 Å². The van der Waals surface area contributed by atoms with Crippen LogP contribution in [0.2, 0.25) is 0 Å². The fraction of sp³-hybridized carbons (Fsp3) is 0.435. The van der Waals surface area contributed by atoms with E-state index in [1.807, 2.05) is 11.9 Å². The van der Waals surface area contributed by atoms with Crippen molar-refractivity contribution in [3.05, 3.63) is 36.5 Å². The number of hydrogen-bond donors (Lipinski definition) is 1. The number of aryl methyl sites for hydroxylation is 1. The van der Waals surface area contributed by atoms with Gasteiger partial charge in [0.2, 0.25) is 0 Å². The molecule has 1 aromatic carbocycles. The van der Waals surface area contributed by atoms with Gasteiger partial charge in [0.15, 0.2) is 11.9 Å². The normalized spacial score (nSPS) is 17.6. The van der Waals surface area contributed by atoms with Crippen molar-refractivity contribution < 1.29 is 18.7 Å². The zero-order valence-corrected chi connectivity index (χ0v) is 18.7. The zero-order valence-electron chi connectivity index (χ0n) is 18.7. The van der Waals surface area contributed by atoms with Crippen LogP contribution < -0.4 is 10.5 Å². The average molecular weight is 455 g/mol. The van der Waals surface area contributed by atoms with E-state index in [9.17, 15) is 9.18 Å². The number of anilines is 1. The summed E-state index contributed by atoms with van der Waals surface area (Å²) >= 11 is 0. The highest BCUT2D eigenvalue weighted by molar-refractivity contribution is 5.90. The number of esters is 1. The van der Waals surface area contributed by atoms with Gasteiger partial charge in [0.05, 0.1) is 11.7 Å². The van der Waals surface area contributed by atoms with Crippen LogP contribution in [0.1, 0.15) is 25.1 Å². The summed E-state index contributed by atoms with van der Waals surface area (Å²) in [5.41, 5.74) is 8.11. The summed E-state index contributed by atoms with van der Waals surface area (Å²) in [7, 11) is 1.88. The van der Waals surface area contributed by atoms with Gasteiger partial charge in [-0.25, -0.2) is 19.3 Å². The quantitative estimate of drug-likeness (QED) is 0.538. The van der Waals surface area contributed by atoms with E-state index in [1.165, 1.54) is 6.20 Å². The molecule has 0 bridgehead atoms. The molecule has 0 saturated carbocycles. The number of likely N-dealkylation sites (tertiary alicyclic amines) is 1. The highest BCUT2D eigenvalue weighted by atomic mass is 19.1. The van der Waals surface area contributed by atoms with Crippen molar-refractivity contribution in [1.29, 1.82) is 0 Å². The number of hydrogen-bond acceptors (Lipinski definition) is 9. The van der Waals surface area contributed by atoms with Crippen LogP contribution in [0.4, 0.5) is 10.2 Å². The van der Waals surface area contributed by atoms with Crippen LogP contribution in [0.25, 0.3) is 22.2 Å². The van der Waals surface area contributed by atoms with Crippen LogP contribution in [0.5, 0.6) is 5.75 Å². The molecule has 1 aliphatic heterocycles. The molecule has 2 N–H and O–H groups in total. The summed E-state index contributed by atoms with van der Waals surface area (Å²) in [6.07, 6.45) is 5.97. The fourth-order valence-electron chi connectivity index (χ4n) is 3.84. The Kier molecular flexibility index (Phi) is 6.93. The third kappa shape index (κ3) is 5.33. The van der Waals surface area contributed by atoms with Crippen LogP contribution in [0, 0.1) is 6.92 Å². The molecular formula is C23H27FN6O3. The number of benzene rings is 1. The minimum atomic E-state index is -1.52. The van der Waals surface area contributed by atoms with Crippen LogP contribution in [0.15, 0.2) is 30.7 Å². The maximum atomic E-state index is 14.7. The molecule has 33 heavy (non-hydrogen) atoms. The molecule has 2 aromatic heterocycles. The van der Waals surface area contributed by atoms with Crippen molar-refractivity contribution in [1.82, 2.24) is 24.8 Å². The summed E-state index contributed by atoms with van der Waals surface area (Å²) in [6.45, 7) is 1.90. The first-order chi connectivity index (χ1) is 15.9. The minimum absolute atomic E-state index is 0.215. The van der Waals surface area contributed by atoms with E-state index in [-0.39, 0.29) is 25.1 Å². The van der Waals surface area contributed by atoms with Gasteiger partial charge in [0.25, 0.3) is 0 Å². The van der Waals surface area contributed by atoms with Gasteiger partial charge in [0.1, 0.15) is 36.4 Å². The van der Waals surface area contributed by atoms with E-state index in [1.54, 1.807) is 31.5 Å². The number of carbonyl (C=O) groups is 1. The van der Waals surface area contributed by atoms with Gasteiger partial charge in [-0.15, -0.1) is 0 Å². The monoisotopic (exact) mass is 454 g/mol. The van der Waals surface area contributed by atoms with Gasteiger partial charge in [-0.1, -0.05) is 6.42 Å². The number of nitrogens with two attached hydrogens (primary N) is 1. The number of nitrogen functional groups attached to an aromatic ring is 1. The summed E-state index contributed by atoms with van der Waals surface area (Å²) in [4.78, 5) is 31.4. The van der Waals surface area contributed by atoms with E-state index in [0.717, 1.165) is 25.8 Å². The third-order valence-electron chi connectivity index (χ3n) is 5.64. The van der Waals surface area contributed by atoms with E-state index < -0.39 is 12.1 Å². The Bertz CT molecular complexity index is 1130. The molecule has 174 valence electrons. The molecule has 1 fully saturated rings. The summed E-state index contributed by atoms with van der Waals surface area (Å²) in [5, 5.41) is 0. The Balaban J connectivity index is 1.49. The highest BCUT2D eigenvalue weighted by Gasteiger charge is 2.28. The molecule has 2 atom stereocenters. The van der Waals surface area contributed by atoms with Crippen molar-refractivity contribution in [2.75, 3.05) is 32.5 Å². The first kappa shape index (κ1) is 22.8. The van der Waals surface area contributed by atoms with Gasteiger partial charge < -0.3 is 15.2 Å². The number of halogens is 1. The van der Waals surface area contributed by atoms with Crippen LogP contribution in [-0.4, -0.2) is 69.8 Å². The molecule has 2 unspecified atom stereocenters. The third-order valence-corrected chi connectivity index (χ3v) is 5.64. The largest absolute Gasteiger partial charge is 0.487 e. The summed E-state index contributed by atoms with van der Waals surface area (Å²) in [6, 6.07) is 3.25. The highest BCUT2D eigenvalue weighted by Crippen LogP contribution is 2.35. The Hall–Kier alpha value is -3.40. The molecule has 4 rings (SSSR count). The minimum Gasteiger partial charge on any atom is -0.487 e. The van der Waals surface area contributed by atoms with Crippen molar-refractivity contribution in [3.63, 3.8) is 0 Å². The average Bonchev–Trinajstić information content (AvgIpc) is 2.81. The zero-order chi connectivity index (χ0) is 23.4. The lowest BCUT2D eigenvalue weighted by Gasteiger charge is -2.30. The molecule has 3 heterocycles. The molecular weight excluding hydrogens is 427 g/mol. The van der Waals surface area contributed by atoms with Crippen molar-refractivity contribution in [2.24, 2.45) is 0 Å². The number of aromatic nitrogens is 4. The number of piperidine rings is 1. The Morgan fingerprint density at radius 1 is 1.21 bits per heavy atom. The van der Waals surface area contributed by atoms with Crippen molar-refractivity contribution in [2.45, 2.75) is 38.4 Å². The number of fused-ring (bicyclic) bond motifs is 1. The van der Waals surface area contributed by atoms with Crippen LogP contribution in [-0.2, 0) is 9.53 Å². The van der Waals surface area contributed by atoms with Crippen LogP contribution in [0.3, 0.4) is 0 Å². The lowest BCUT2D eigenvalue weighted by molar-refractivity contribution is -0.152. The number of alkyl halides is 1. The van der Waals surface area contributed by atoms with Crippen molar-refractivity contribution >= 4 is 22.8 Å². The van der Waals surface area contributed by atoms with Gasteiger partial charge in [0, 0.05) is 23.5 Å². The molecule has 0 radical (unpaired) electrons. The summed E-state index contributed by atoms with van der Waals surface area (Å²) in [5.74, 6) is 0.758. The summed E-state index contributed by atoms with van der Waals surface area (Å²) < 4.78 is 25.8. The lowest BCUT2D eigenvalue weighted by Crippen LogP contribution is -2.43. The smallest absolute Gasteiger partial charge is 0.323 e. The molecule has 0 aliphatic carbocycles. The van der Waals surface area contributed by atoms with Gasteiger partial charge in [-0.05, 0) is 45.5 Å². The molecule has 1 aliphatic rings. The topological polar surface area (TPSA) is 116 Å². The Morgan fingerprint density at radius 3 is 2.76 bits per heavy atom. The van der Waals surface area contributed by atoms with Gasteiger partial charge in [-0.3, -0.25) is 14.7 Å². The second kappa shape index (κ2) is 10.0. The van der Waals surface area contributed by atoms with E-state index in [4.69, 9.17) is 15.2 Å². The number of nitrogens with zero attached hydrogens (tertiary/aromatic N) is 5. The number of likely N-dealkylation sites (N-methyl/N-ethyl adjacent to an activating group) is 1. The van der Waals surface area contributed by atoms with E-state index in [2.05, 4.69) is 19.9 Å². The molecule has 1 saturated heterocycles. The van der Waals surface area contributed by atoms with E-state index in [0.29, 0.717) is 33.7 Å². The van der Waals surface area contributed by atoms with Gasteiger partial charge >= 0.3 is 5.97 Å². The van der Waals surface area contributed by atoms with Crippen molar-refractivity contribution in [3.8, 4) is 16.9 Å². The number of carbonyl (C=O) groups excluding carboxylic acids is 1. The molecule has 0 amide bonds. The first-order valence-corrected chi connectivity index (χ1v) is 10.9. The molecule has 9 nitrogen and oxygen atoms in total. The maximum Gasteiger partial charge on any atom is 0.323 e. The first-order valence-electron chi connectivity index (χ1n) is 10.9. The Morgan fingerprint density at radius 2 is 2.00 bits per heavy atom. The predicted molar refractivity (Wildman–Crippen MR) is 121 cm³/mol. The standard InChI is InChI=1S/C23H27FN6O3/c1-14-26-9-15(10-27-14)17-6-7-18-21(29-20(25)11-28-18)22(17)32-12-16(24)13-33-23(31)19-5-3-4-8-30(19)2/h6-7,9-11,16,19H,3-5,8,12-13H2,1-2H3,(H2,25,29). The second-order valence-corrected chi connectivity index (χ2v) is 8.15. The second-order valence-electron chi connectivity index (χ2n) is 8.15. The maximum absolute atomic E-state index is 14.7. The SMILES string of the molecule is Cc1ncc(-c2ccc3ncc(N)nc3c2OCC(F)COC(=O)C2CCCCN2C)cn1. The number of ether oxygens (including phenoxy) is 2. The molecule has 3 aromatic rings. The fourth-order valence-corrected chi connectivity index (χ4v) is 3.84. The predicted octanol–water partition coefficient (Wildman–Crippen LogP) is 2.72. The number of rotatable bonds is 7. The molecule has 0 spiro atoms. The Labute approximate surface area is 191 Å². The van der Waals surface area contributed by atoms with E-state index >= 15 is 0 Å². The molecule has 10 heteroatoms.